The van der Waals surface area contributed by atoms with E-state index in [4.69, 9.17) is 4.74 Å². The molecule has 1 atom stereocenters. The summed E-state index contributed by atoms with van der Waals surface area (Å²) in [5.74, 6) is 2.09. The van der Waals surface area contributed by atoms with E-state index in [2.05, 4.69) is 41.2 Å². The Morgan fingerprint density at radius 3 is 2.57 bits per heavy atom. The first-order valence-corrected chi connectivity index (χ1v) is 10.7. The summed E-state index contributed by atoms with van der Waals surface area (Å²) in [6.07, 6.45) is 1.26. The van der Waals surface area contributed by atoms with Crippen molar-refractivity contribution in [1.82, 2.24) is 24.3 Å². The fraction of sp³-hybridized carbons (Fsp3) is 0.318. The Labute approximate surface area is 179 Å². The van der Waals surface area contributed by atoms with E-state index in [0.29, 0.717) is 12.3 Å². The molecule has 2 aromatic heterocycles. The molecule has 0 spiro atoms. The number of thioether (sulfide) groups is 1. The van der Waals surface area contributed by atoms with Crippen LogP contribution in [0.15, 0.2) is 47.9 Å². The van der Waals surface area contributed by atoms with Gasteiger partial charge in [0.05, 0.1) is 37.1 Å². The number of nitrogens with zero attached hydrogens (tertiary/aromatic N) is 5. The number of fused-ring (bicyclic) bond motifs is 1. The van der Waals surface area contributed by atoms with Gasteiger partial charge in [-0.3, -0.25) is 0 Å². The standard InChI is InChI=1S/C22H25N5O2S/c1-14-9-19-20(10-15(14)2)27(13-23-19)11-17(28)12-30-22-25-24-21(26(22)3)16-5-7-18(29-4)8-6-16/h5-10,13,17,28H,11-12H2,1-4H3. The Hall–Kier alpha value is -2.84. The van der Waals surface area contributed by atoms with Crippen LogP contribution in [0.4, 0.5) is 0 Å². The highest BCUT2D eigenvalue weighted by molar-refractivity contribution is 7.99. The number of aliphatic hydroxyl groups is 1. The molecule has 0 amide bonds. The van der Waals surface area contributed by atoms with E-state index in [0.717, 1.165) is 33.3 Å². The van der Waals surface area contributed by atoms with Gasteiger partial charge < -0.3 is 19.0 Å². The lowest BCUT2D eigenvalue weighted by molar-refractivity contribution is 0.179. The molecule has 0 radical (unpaired) electrons. The predicted molar refractivity (Wildman–Crippen MR) is 119 cm³/mol. The quantitative estimate of drug-likeness (QED) is 0.458. The summed E-state index contributed by atoms with van der Waals surface area (Å²) in [4.78, 5) is 4.46. The maximum Gasteiger partial charge on any atom is 0.191 e. The van der Waals surface area contributed by atoms with Crippen LogP contribution in [0.1, 0.15) is 11.1 Å². The van der Waals surface area contributed by atoms with Gasteiger partial charge in [-0.15, -0.1) is 10.2 Å². The molecule has 30 heavy (non-hydrogen) atoms. The van der Waals surface area contributed by atoms with Crippen molar-refractivity contribution < 1.29 is 9.84 Å². The molecule has 0 saturated heterocycles. The lowest BCUT2D eigenvalue weighted by Gasteiger charge is -2.12. The molecule has 0 aliphatic heterocycles. The van der Waals surface area contributed by atoms with E-state index < -0.39 is 6.10 Å². The number of aliphatic hydroxyl groups excluding tert-OH is 1. The number of rotatable bonds is 7. The molecule has 0 saturated carbocycles. The Morgan fingerprint density at radius 2 is 1.83 bits per heavy atom. The maximum atomic E-state index is 10.6. The summed E-state index contributed by atoms with van der Waals surface area (Å²) < 4.78 is 9.16. The lowest BCUT2D eigenvalue weighted by atomic mass is 10.1. The number of aryl methyl sites for hydroxylation is 2. The third-order valence-corrected chi connectivity index (χ3v) is 6.40. The highest BCUT2D eigenvalue weighted by Gasteiger charge is 2.15. The second-order valence-electron chi connectivity index (χ2n) is 7.38. The minimum atomic E-state index is -0.532. The van der Waals surface area contributed by atoms with Crippen molar-refractivity contribution in [2.24, 2.45) is 7.05 Å². The summed E-state index contributed by atoms with van der Waals surface area (Å²) in [5, 5.41) is 20.0. The summed E-state index contributed by atoms with van der Waals surface area (Å²) in [6, 6.07) is 11.9. The molecular weight excluding hydrogens is 398 g/mol. The Kier molecular flexibility index (Phi) is 5.78. The SMILES string of the molecule is COc1ccc(-c2nnc(SCC(O)Cn3cnc4cc(C)c(C)cc43)n2C)cc1. The van der Waals surface area contributed by atoms with Gasteiger partial charge >= 0.3 is 0 Å². The van der Waals surface area contributed by atoms with Crippen LogP contribution in [-0.4, -0.2) is 48.4 Å². The second kappa shape index (κ2) is 8.49. The molecular formula is C22H25N5O2S. The van der Waals surface area contributed by atoms with E-state index in [1.165, 1.54) is 22.9 Å². The molecule has 0 bridgehead atoms. The number of imidazole rings is 1. The van der Waals surface area contributed by atoms with E-state index in [1.54, 1.807) is 13.4 Å². The van der Waals surface area contributed by atoms with Crippen molar-refractivity contribution in [1.29, 1.82) is 0 Å². The molecule has 2 heterocycles. The average Bonchev–Trinajstić information content (AvgIpc) is 3.30. The highest BCUT2D eigenvalue weighted by atomic mass is 32.2. The van der Waals surface area contributed by atoms with Gasteiger partial charge in [-0.05, 0) is 61.4 Å². The first kappa shape index (κ1) is 20.4. The Bertz CT molecular complexity index is 1170. The van der Waals surface area contributed by atoms with Crippen molar-refractivity contribution in [3.63, 3.8) is 0 Å². The van der Waals surface area contributed by atoms with Crippen LogP contribution in [-0.2, 0) is 13.6 Å². The van der Waals surface area contributed by atoms with Crippen LogP contribution in [0.2, 0.25) is 0 Å². The summed E-state index contributed by atoms with van der Waals surface area (Å²) >= 11 is 1.49. The van der Waals surface area contributed by atoms with Crippen LogP contribution in [0.5, 0.6) is 5.75 Å². The molecule has 1 N–H and O–H groups in total. The first-order valence-electron chi connectivity index (χ1n) is 9.73. The molecule has 4 aromatic rings. The maximum absolute atomic E-state index is 10.6. The van der Waals surface area contributed by atoms with Crippen LogP contribution in [0, 0.1) is 13.8 Å². The zero-order chi connectivity index (χ0) is 21.3. The smallest absolute Gasteiger partial charge is 0.191 e. The Morgan fingerprint density at radius 1 is 1.10 bits per heavy atom. The minimum Gasteiger partial charge on any atom is -0.497 e. The zero-order valence-corrected chi connectivity index (χ0v) is 18.3. The largest absolute Gasteiger partial charge is 0.497 e. The monoisotopic (exact) mass is 423 g/mol. The lowest BCUT2D eigenvalue weighted by Crippen LogP contribution is -2.18. The summed E-state index contributed by atoms with van der Waals surface area (Å²) in [5.41, 5.74) is 5.41. The first-order chi connectivity index (χ1) is 14.5. The normalized spacial score (nSPS) is 12.4. The van der Waals surface area contributed by atoms with Gasteiger partial charge in [0.15, 0.2) is 11.0 Å². The van der Waals surface area contributed by atoms with Gasteiger partial charge in [-0.25, -0.2) is 4.98 Å². The van der Waals surface area contributed by atoms with Crippen molar-refractivity contribution in [3.05, 3.63) is 53.9 Å². The second-order valence-corrected chi connectivity index (χ2v) is 8.37. The van der Waals surface area contributed by atoms with E-state index >= 15 is 0 Å². The van der Waals surface area contributed by atoms with E-state index in [1.807, 2.05) is 40.4 Å². The number of methoxy groups -OCH3 is 1. The highest BCUT2D eigenvalue weighted by Crippen LogP contribution is 2.25. The van der Waals surface area contributed by atoms with Crippen LogP contribution in [0.25, 0.3) is 22.4 Å². The molecule has 7 nitrogen and oxygen atoms in total. The van der Waals surface area contributed by atoms with Crippen LogP contribution < -0.4 is 4.74 Å². The van der Waals surface area contributed by atoms with Crippen molar-refractivity contribution in [2.75, 3.05) is 12.9 Å². The molecule has 2 aromatic carbocycles. The topological polar surface area (TPSA) is 78.0 Å². The van der Waals surface area contributed by atoms with Gasteiger partial charge in [0.1, 0.15) is 5.75 Å². The van der Waals surface area contributed by atoms with Gasteiger partial charge in [0.25, 0.3) is 0 Å². The number of hydrogen-bond donors (Lipinski definition) is 1. The molecule has 1 unspecified atom stereocenters. The van der Waals surface area contributed by atoms with Crippen molar-refractivity contribution in [2.45, 2.75) is 31.7 Å². The third-order valence-electron chi connectivity index (χ3n) is 5.23. The van der Waals surface area contributed by atoms with Gasteiger partial charge in [0, 0.05) is 18.4 Å². The minimum absolute atomic E-state index is 0.481. The van der Waals surface area contributed by atoms with Crippen LogP contribution in [0.3, 0.4) is 0 Å². The predicted octanol–water partition coefficient (Wildman–Crippen LogP) is 3.61. The van der Waals surface area contributed by atoms with Gasteiger partial charge in [-0.1, -0.05) is 11.8 Å². The van der Waals surface area contributed by atoms with E-state index in [9.17, 15) is 5.11 Å². The third kappa shape index (κ3) is 4.06. The fourth-order valence-corrected chi connectivity index (χ4v) is 4.17. The Balaban J connectivity index is 1.42. The molecule has 4 rings (SSSR count). The summed E-state index contributed by atoms with van der Waals surface area (Å²) in [7, 11) is 3.58. The molecule has 8 heteroatoms. The molecule has 0 aliphatic rings. The summed E-state index contributed by atoms with van der Waals surface area (Å²) in [6.45, 7) is 4.66. The van der Waals surface area contributed by atoms with Gasteiger partial charge in [0.2, 0.25) is 0 Å². The zero-order valence-electron chi connectivity index (χ0n) is 17.5. The van der Waals surface area contributed by atoms with E-state index in [-0.39, 0.29) is 0 Å². The number of aromatic nitrogens is 5. The average molecular weight is 424 g/mol. The van der Waals surface area contributed by atoms with Crippen molar-refractivity contribution in [3.8, 4) is 17.1 Å². The van der Waals surface area contributed by atoms with Crippen LogP contribution >= 0.6 is 11.8 Å². The number of benzene rings is 2. The van der Waals surface area contributed by atoms with Gasteiger partial charge in [-0.2, -0.15) is 0 Å². The fourth-order valence-electron chi connectivity index (χ4n) is 3.34. The van der Waals surface area contributed by atoms with Crippen molar-refractivity contribution >= 4 is 22.8 Å². The molecule has 156 valence electrons. The number of ether oxygens (including phenoxy) is 1. The molecule has 0 fully saturated rings. The molecule has 0 aliphatic carbocycles. The number of hydrogen-bond acceptors (Lipinski definition) is 6.